The highest BCUT2D eigenvalue weighted by molar-refractivity contribution is 7.08. The number of imidazole rings is 1. The monoisotopic (exact) mass is 333 g/mol. The lowest BCUT2D eigenvalue weighted by Gasteiger charge is -2.05. The predicted octanol–water partition coefficient (Wildman–Crippen LogP) is 3.99. The maximum Gasteiger partial charge on any atom is 0.272 e. The minimum absolute atomic E-state index is 0.163. The topological polar surface area (TPSA) is 46.4 Å². The molecule has 0 aliphatic rings. The second kappa shape index (κ2) is 6.29. The van der Waals surface area contributed by atoms with Crippen molar-refractivity contribution in [2.24, 2.45) is 0 Å². The Morgan fingerprint density at radius 3 is 2.71 bits per heavy atom. The van der Waals surface area contributed by atoms with Crippen LogP contribution in [-0.4, -0.2) is 15.3 Å². The normalized spacial score (nSPS) is 10.8. The first-order valence-corrected chi connectivity index (χ1v) is 8.59. The third kappa shape index (κ3) is 2.70. The van der Waals surface area contributed by atoms with Crippen LogP contribution in [0.5, 0.6) is 0 Å². The van der Waals surface area contributed by atoms with Crippen LogP contribution < -0.4 is 5.32 Å². The Labute approximate surface area is 143 Å². The van der Waals surface area contributed by atoms with Crippen LogP contribution in [0.4, 0.5) is 0 Å². The van der Waals surface area contributed by atoms with E-state index in [0.717, 1.165) is 22.5 Å². The summed E-state index contributed by atoms with van der Waals surface area (Å²) >= 11 is 1.60. The zero-order chi connectivity index (χ0) is 16.4. The van der Waals surface area contributed by atoms with E-state index in [1.807, 2.05) is 76.0 Å². The minimum Gasteiger partial charge on any atom is -0.347 e. The van der Waals surface area contributed by atoms with E-state index in [1.54, 1.807) is 11.3 Å². The number of pyridine rings is 1. The molecule has 1 aromatic carbocycles. The van der Waals surface area contributed by atoms with Gasteiger partial charge in [-0.05, 0) is 29.1 Å². The van der Waals surface area contributed by atoms with Crippen LogP contribution in [0.1, 0.15) is 16.1 Å². The number of thiophene rings is 1. The lowest BCUT2D eigenvalue weighted by atomic mass is 10.2. The van der Waals surface area contributed by atoms with Crippen LogP contribution in [0.2, 0.25) is 0 Å². The number of carbonyl (C=O) groups excluding carboxylic acids is 1. The average molecular weight is 333 g/mol. The van der Waals surface area contributed by atoms with Crippen LogP contribution in [-0.2, 0) is 6.54 Å². The van der Waals surface area contributed by atoms with Crippen LogP contribution in [0, 0.1) is 0 Å². The smallest absolute Gasteiger partial charge is 0.272 e. The van der Waals surface area contributed by atoms with E-state index in [1.165, 1.54) is 0 Å². The number of hydrogen-bond acceptors (Lipinski definition) is 3. The fourth-order valence-corrected chi connectivity index (χ4v) is 3.33. The maximum atomic E-state index is 12.7. The molecule has 24 heavy (non-hydrogen) atoms. The van der Waals surface area contributed by atoms with Crippen LogP contribution in [0.25, 0.3) is 16.9 Å². The van der Waals surface area contributed by atoms with Crippen molar-refractivity contribution in [1.29, 1.82) is 0 Å². The molecule has 0 aliphatic heterocycles. The molecular formula is C19H15N3OS. The first-order chi connectivity index (χ1) is 11.8. The van der Waals surface area contributed by atoms with Gasteiger partial charge < -0.3 is 5.32 Å². The second-order valence-corrected chi connectivity index (χ2v) is 6.20. The van der Waals surface area contributed by atoms with Crippen LogP contribution >= 0.6 is 11.3 Å². The Balaban J connectivity index is 1.70. The zero-order valence-electron chi connectivity index (χ0n) is 12.8. The van der Waals surface area contributed by atoms with Gasteiger partial charge in [0.05, 0.1) is 5.69 Å². The van der Waals surface area contributed by atoms with Crippen molar-refractivity contribution in [3.8, 4) is 11.3 Å². The molecular weight excluding hydrogens is 318 g/mol. The Morgan fingerprint density at radius 2 is 1.92 bits per heavy atom. The van der Waals surface area contributed by atoms with Gasteiger partial charge in [0.15, 0.2) is 5.69 Å². The molecule has 0 saturated heterocycles. The summed E-state index contributed by atoms with van der Waals surface area (Å²) in [5.74, 6) is -0.163. The molecule has 0 bridgehead atoms. The standard InChI is InChI=1S/C19H15N3OS/c23-19(20-12-14-6-2-1-3-7-14)17-18(15-9-11-24-13-15)22-10-5-4-8-16(22)21-17/h1-11,13H,12H2,(H,20,23). The van der Waals surface area contributed by atoms with Gasteiger partial charge in [0.25, 0.3) is 5.91 Å². The van der Waals surface area contributed by atoms with Gasteiger partial charge in [-0.25, -0.2) is 4.98 Å². The summed E-state index contributed by atoms with van der Waals surface area (Å²) in [5, 5.41) is 7.00. The van der Waals surface area contributed by atoms with Gasteiger partial charge in [0, 0.05) is 23.7 Å². The Kier molecular flexibility index (Phi) is 3.84. The summed E-state index contributed by atoms with van der Waals surface area (Å²) in [6, 6.07) is 17.6. The van der Waals surface area contributed by atoms with Gasteiger partial charge in [-0.1, -0.05) is 36.4 Å². The number of nitrogens with zero attached hydrogens (tertiary/aromatic N) is 2. The van der Waals surface area contributed by atoms with Crippen LogP contribution in [0.15, 0.2) is 71.6 Å². The average Bonchev–Trinajstić information content (AvgIpc) is 3.27. The number of rotatable bonds is 4. The van der Waals surface area contributed by atoms with Gasteiger partial charge in [-0.2, -0.15) is 11.3 Å². The van der Waals surface area contributed by atoms with Gasteiger partial charge in [-0.3, -0.25) is 9.20 Å². The van der Waals surface area contributed by atoms with Gasteiger partial charge in [0.1, 0.15) is 5.65 Å². The number of amides is 1. The molecule has 1 N–H and O–H groups in total. The summed E-state index contributed by atoms with van der Waals surface area (Å²) in [6.45, 7) is 0.483. The molecule has 3 heterocycles. The maximum absolute atomic E-state index is 12.7. The lowest BCUT2D eigenvalue weighted by Crippen LogP contribution is -2.23. The quantitative estimate of drug-likeness (QED) is 0.614. The fraction of sp³-hybridized carbons (Fsp3) is 0.0526. The molecule has 0 saturated carbocycles. The third-order valence-electron chi connectivity index (χ3n) is 3.84. The SMILES string of the molecule is O=C(NCc1ccccc1)c1nc2ccccn2c1-c1ccsc1. The molecule has 0 aliphatic carbocycles. The van der Waals surface area contributed by atoms with Crippen molar-refractivity contribution in [1.82, 2.24) is 14.7 Å². The summed E-state index contributed by atoms with van der Waals surface area (Å²) in [4.78, 5) is 17.3. The molecule has 4 nitrogen and oxygen atoms in total. The fourth-order valence-electron chi connectivity index (χ4n) is 2.69. The Hall–Kier alpha value is -2.92. The second-order valence-electron chi connectivity index (χ2n) is 5.42. The van der Waals surface area contributed by atoms with E-state index >= 15 is 0 Å². The Morgan fingerprint density at radius 1 is 1.08 bits per heavy atom. The van der Waals surface area contributed by atoms with E-state index in [-0.39, 0.29) is 5.91 Å². The molecule has 118 valence electrons. The van der Waals surface area contributed by atoms with E-state index < -0.39 is 0 Å². The number of fused-ring (bicyclic) bond motifs is 1. The first-order valence-electron chi connectivity index (χ1n) is 7.65. The van der Waals surface area contributed by atoms with Crippen LogP contribution in [0.3, 0.4) is 0 Å². The highest BCUT2D eigenvalue weighted by Crippen LogP contribution is 2.27. The number of aromatic nitrogens is 2. The van der Waals surface area contributed by atoms with Crippen molar-refractivity contribution in [3.63, 3.8) is 0 Å². The summed E-state index contributed by atoms with van der Waals surface area (Å²) < 4.78 is 1.96. The molecule has 0 spiro atoms. The number of benzene rings is 1. The molecule has 1 amide bonds. The molecule has 0 atom stereocenters. The zero-order valence-corrected chi connectivity index (χ0v) is 13.7. The van der Waals surface area contributed by atoms with E-state index in [4.69, 9.17) is 0 Å². The van der Waals surface area contributed by atoms with E-state index in [0.29, 0.717) is 12.2 Å². The molecule has 0 radical (unpaired) electrons. The van der Waals surface area contributed by atoms with Crippen molar-refractivity contribution >= 4 is 22.9 Å². The summed E-state index contributed by atoms with van der Waals surface area (Å²) in [7, 11) is 0. The Bertz CT molecular complexity index is 974. The highest BCUT2D eigenvalue weighted by Gasteiger charge is 2.20. The van der Waals surface area contributed by atoms with Gasteiger partial charge in [0.2, 0.25) is 0 Å². The van der Waals surface area contributed by atoms with E-state index in [9.17, 15) is 4.79 Å². The molecule has 0 unspecified atom stereocenters. The summed E-state index contributed by atoms with van der Waals surface area (Å²) in [6.07, 6.45) is 1.93. The van der Waals surface area contributed by atoms with Crippen molar-refractivity contribution in [2.45, 2.75) is 6.54 Å². The number of hydrogen-bond donors (Lipinski definition) is 1. The minimum atomic E-state index is -0.163. The number of nitrogens with one attached hydrogen (secondary N) is 1. The molecule has 0 fully saturated rings. The van der Waals surface area contributed by atoms with E-state index in [2.05, 4.69) is 10.3 Å². The third-order valence-corrected chi connectivity index (χ3v) is 4.52. The van der Waals surface area contributed by atoms with Crippen molar-refractivity contribution in [2.75, 3.05) is 0 Å². The predicted molar refractivity (Wildman–Crippen MR) is 96.1 cm³/mol. The molecule has 4 rings (SSSR count). The van der Waals surface area contributed by atoms with Crippen molar-refractivity contribution in [3.05, 3.63) is 82.8 Å². The molecule has 3 aromatic heterocycles. The van der Waals surface area contributed by atoms with Gasteiger partial charge >= 0.3 is 0 Å². The largest absolute Gasteiger partial charge is 0.347 e. The highest BCUT2D eigenvalue weighted by atomic mass is 32.1. The molecule has 4 aromatic rings. The molecule has 5 heteroatoms. The van der Waals surface area contributed by atoms with Crippen molar-refractivity contribution < 1.29 is 4.79 Å². The number of carbonyl (C=O) groups is 1. The summed E-state index contributed by atoms with van der Waals surface area (Å²) in [5.41, 5.74) is 4.12. The van der Waals surface area contributed by atoms with Gasteiger partial charge in [-0.15, -0.1) is 0 Å². The lowest BCUT2D eigenvalue weighted by molar-refractivity contribution is 0.0947. The first kappa shape index (κ1) is 14.7.